The number of methoxy groups -OCH3 is 1. The summed E-state index contributed by atoms with van der Waals surface area (Å²) in [6.45, 7) is 3.14. The molecular weight excluding hydrogens is 286 g/mol. The van der Waals surface area contributed by atoms with Gasteiger partial charge in [0.05, 0.1) is 0 Å². The summed E-state index contributed by atoms with van der Waals surface area (Å²) >= 11 is 0. The van der Waals surface area contributed by atoms with E-state index in [1.165, 1.54) is 0 Å². The molecule has 0 aromatic carbocycles. The number of aromatic nitrogens is 2. The number of carbonyl (C=O) groups excluding carboxylic acids is 1. The second-order valence-corrected chi connectivity index (χ2v) is 5.97. The van der Waals surface area contributed by atoms with Gasteiger partial charge >= 0.3 is 0 Å². The number of nitrogens with zero attached hydrogens (tertiary/aromatic N) is 3. The van der Waals surface area contributed by atoms with Crippen LogP contribution in [0, 0.1) is 0 Å². The van der Waals surface area contributed by atoms with Gasteiger partial charge in [-0.15, -0.1) is 0 Å². The Morgan fingerprint density at radius 2 is 1.95 bits per heavy atom. The van der Waals surface area contributed by atoms with Crippen LogP contribution in [0.3, 0.4) is 0 Å². The molecule has 0 spiro atoms. The molecular formula is C15H23N3O4. The predicted molar refractivity (Wildman–Crippen MR) is 77.5 cm³/mol. The third-order valence-electron chi connectivity index (χ3n) is 4.51. The lowest BCUT2D eigenvalue weighted by atomic mass is 9.96. The van der Waals surface area contributed by atoms with Crippen molar-refractivity contribution in [2.45, 2.75) is 37.5 Å². The highest BCUT2D eigenvalue weighted by atomic mass is 16.5. The van der Waals surface area contributed by atoms with Gasteiger partial charge in [0.1, 0.15) is 6.61 Å². The van der Waals surface area contributed by atoms with E-state index in [1.807, 2.05) is 4.90 Å². The minimum Gasteiger partial charge on any atom is -0.381 e. The van der Waals surface area contributed by atoms with Crippen LogP contribution in [0.2, 0.25) is 0 Å². The molecule has 1 aromatic heterocycles. The van der Waals surface area contributed by atoms with E-state index in [0.29, 0.717) is 5.92 Å². The Labute approximate surface area is 129 Å². The quantitative estimate of drug-likeness (QED) is 0.834. The Kier molecular flexibility index (Phi) is 5.04. The molecule has 0 radical (unpaired) electrons. The van der Waals surface area contributed by atoms with E-state index >= 15 is 0 Å². The molecule has 2 aliphatic rings. The van der Waals surface area contributed by atoms with Crippen molar-refractivity contribution in [1.82, 2.24) is 15.0 Å². The zero-order valence-corrected chi connectivity index (χ0v) is 13.0. The monoisotopic (exact) mass is 309 g/mol. The first-order valence-corrected chi connectivity index (χ1v) is 7.96. The van der Waals surface area contributed by atoms with Crippen LogP contribution < -0.4 is 0 Å². The minimum absolute atomic E-state index is 0.0503. The van der Waals surface area contributed by atoms with Gasteiger partial charge in [-0.1, -0.05) is 5.16 Å². The number of piperidine rings is 1. The molecule has 0 atom stereocenters. The molecule has 0 bridgehead atoms. The van der Waals surface area contributed by atoms with Crippen LogP contribution in [0.1, 0.15) is 49.2 Å². The number of amides is 1. The lowest BCUT2D eigenvalue weighted by Gasteiger charge is -2.30. The first-order valence-electron chi connectivity index (χ1n) is 7.96. The third kappa shape index (κ3) is 3.47. The summed E-state index contributed by atoms with van der Waals surface area (Å²) in [4.78, 5) is 18.2. The third-order valence-corrected chi connectivity index (χ3v) is 4.51. The van der Waals surface area contributed by atoms with Crippen LogP contribution in [0.25, 0.3) is 0 Å². The molecule has 3 heterocycles. The van der Waals surface area contributed by atoms with Crippen molar-refractivity contribution >= 4 is 5.91 Å². The molecule has 0 unspecified atom stereocenters. The molecule has 122 valence electrons. The fraction of sp³-hybridized carbons (Fsp3) is 0.800. The summed E-state index contributed by atoms with van der Waals surface area (Å²) in [5.74, 6) is 2.20. The van der Waals surface area contributed by atoms with Gasteiger partial charge in [0.2, 0.25) is 11.8 Å². The topological polar surface area (TPSA) is 77.7 Å². The first-order chi connectivity index (χ1) is 10.8. The van der Waals surface area contributed by atoms with Gasteiger partial charge < -0.3 is 18.9 Å². The predicted octanol–water partition coefficient (Wildman–Crippen LogP) is 1.32. The van der Waals surface area contributed by atoms with E-state index in [4.69, 9.17) is 14.0 Å². The van der Waals surface area contributed by atoms with Crippen LogP contribution in [0.15, 0.2) is 4.52 Å². The van der Waals surface area contributed by atoms with Crippen molar-refractivity contribution in [3.63, 3.8) is 0 Å². The van der Waals surface area contributed by atoms with Crippen molar-refractivity contribution in [2.75, 3.05) is 40.0 Å². The van der Waals surface area contributed by atoms with Crippen molar-refractivity contribution < 1.29 is 18.8 Å². The zero-order chi connectivity index (χ0) is 15.4. The maximum absolute atomic E-state index is 11.8. The maximum atomic E-state index is 11.8. The van der Waals surface area contributed by atoms with Gasteiger partial charge in [-0.25, -0.2) is 0 Å². The fourth-order valence-electron chi connectivity index (χ4n) is 3.13. The standard InChI is InChI=1S/C15H23N3O4/c1-20-10-13(19)18-6-2-12(3-7-18)15-16-14(17-22-15)11-4-8-21-9-5-11/h11-12H,2-10H2,1H3. The molecule has 0 saturated carbocycles. The maximum Gasteiger partial charge on any atom is 0.248 e. The van der Waals surface area contributed by atoms with Crippen LogP contribution in [0.5, 0.6) is 0 Å². The smallest absolute Gasteiger partial charge is 0.248 e. The van der Waals surface area contributed by atoms with Gasteiger partial charge in [0.25, 0.3) is 0 Å². The second kappa shape index (κ2) is 7.19. The van der Waals surface area contributed by atoms with Crippen molar-refractivity contribution in [1.29, 1.82) is 0 Å². The van der Waals surface area contributed by atoms with Crippen LogP contribution >= 0.6 is 0 Å². The van der Waals surface area contributed by atoms with Gasteiger partial charge in [0.15, 0.2) is 5.82 Å². The Hall–Kier alpha value is -1.47. The molecule has 2 aliphatic heterocycles. The number of ether oxygens (including phenoxy) is 2. The summed E-state index contributed by atoms with van der Waals surface area (Å²) in [5.41, 5.74) is 0. The van der Waals surface area contributed by atoms with Crippen molar-refractivity contribution in [2.24, 2.45) is 0 Å². The minimum atomic E-state index is 0.0503. The molecule has 0 N–H and O–H groups in total. The highest BCUT2D eigenvalue weighted by Crippen LogP contribution is 2.30. The average molecular weight is 309 g/mol. The normalized spacial score (nSPS) is 21.2. The van der Waals surface area contributed by atoms with Crippen LogP contribution in [-0.4, -0.2) is 61.0 Å². The lowest BCUT2D eigenvalue weighted by Crippen LogP contribution is -2.39. The molecule has 7 nitrogen and oxygen atoms in total. The van der Waals surface area contributed by atoms with Crippen molar-refractivity contribution in [3.8, 4) is 0 Å². The molecule has 2 fully saturated rings. The Morgan fingerprint density at radius 1 is 1.23 bits per heavy atom. The van der Waals surface area contributed by atoms with E-state index in [9.17, 15) is 4.79 Å². The summed E-state index contributed by atoms with van der Waals surface area (Å²) < 4.78 is 15.7. The molecule has 3 rings (SSSR count). The number of hydrogen-bond acceptors (Lipinski definition) is 6. The largest absolute Gasteiger partial charge is 0.381 e. The fourth-order valence-corrected chi connectivity index (χ4v) is 3.13. The van der Waals surface area contributed by atoms with Gasteiger partial charge in [0, 0.05) is 45.2 Å². The summed E-state index contributed by atoms with van der Waals surface area (Å²) in [5, 5.41) is 4.16. The first kappa shape index (κ1) is 15.4. The summed E-state index contributed by atoms with van der Waals surface area (Å²) in [6.07, 6.45) is 3.65. The summed E-state index contributed by atoms with van der Waals surface area (Å²) in [7, 11) is 1.54. The summed E-state index contributed by atoms with van der Waals surface area (Å²) in [6, 6.07) is 0. The SMILES string of the molecule is COCC(=O)N1CCC(c2nc(C3CCOCC3)no2)CC1. The molecule has 0 aliphatic carbocycles. The van der Waals surface area contributed by atoms with Gasteiger partial charge in [-0.05, 0) is 25.7 Å². The van der Waals surface area contributed by atoms with E-state index < -0.39 is 0 Å². The molecule has 22 heavy (non-hydrogen) atoms. The van der Waals surface area contributed by atoms with Crippen molar-refractivity contribution in [3.05, 3.63) is 11.7 Å². The number of rotatable bonds is 4. The molecule has 1 amide bonds. The van der Waals surface area contributed by atoms with Crippen LogP contribution in [0.4, 0.5) is 0 Å². The highest BCUT2D eigenvalue weighted by molar-refractivity contribution is 5.77. The number of hydrogen-bond donors (Lipinski definition) is 0. The average Bonchev–Trinajstić information content (AvgIpc) is 3.06. The van der Waals surface area contributed by atoms with Crippen LogP contribution in [-0.2, 0) is 14.3 Å². The molecule has 7 heteroatoms. The van der Waals surface area contributed by atoms with E-state index in [-0.39, 0.29) is 18.4 Å². The Bertz CT molecular complexity index is 491. The van der Waals surface area contributed by atoms with Gasteiger partial charge in [-0.3, -0.25) is 4.79 Å². The van der Waals surface area contributed by atoms with Gasteiger partial charge in [-0.2, -0.15) is 4.98 Å². The zero-order valence-electron chi connectivity index (χ0n) is 13.0. The Morgan fingerprint density at radius 3 is 2.64 bits per heavy atom. The number of carbonyl (C=O) groups is 1. The van der Waals surface area contributed by atoms with E-state index in [1.54, 1.807) is 7.11 Å². The second-order valence-electron chi connectivity index (χ2n) is 5.97. The molecule has 1 aromatic rings. The lowest BCUT2D eigenvalue weighted by molar-refractivity contribution is -0.136. The Balaban J connectivity index is 1.55. The van der Waals surface area contributed by atoms with E-state index in [0.717, 1.165) is 63.7 Å². The number of likely N-dealkylation sites (tertiary alicyclic amines) is 1. The van der Waals surface area contributed by atoms with E-state index in [2.05, 4.69) is 10.1 Å². The molecule has 2 saturated heterocycles. The highest BCUT2D eigenvalue weighted by Gasteiger charge is 2.29.